The molecule has 134 valence electrons. The van der Waals surface area contributed by atoms with E-state index in [-0.39, 0.29) is 0 Å². The van der Waals surface area contributed by atoms with Crippen LogP contribution in [-0.4, -0.2) is 37.1 Å². The summed E-state index contributed by atoms with van der Waals surface area (Å²) in [6.45, 7) is 7.01. The van der Waals surface area contributed by atoms with Crippen LogP contribution in [0.3, 0.4) is 0 Å². The van der Waals surface area contributed by atoms with E-state index in [0.717, 1.165) is 36.3 Å². The molecule has 0 bridgehead atoms. The number of nitrogens with one attached hydrogen (secondary N) is 2. The number of benzene rings is 1. The van der Waals surface area contributed by atoms with Crippen molar-refractivity contribution in [2.45, 2.75) is 39.3 Å². The average molecular weight is 358 g/mol. The standard InChI is InChI=1S/C19H27N5S/c1-14-18(25-15(2)22-14)12-21-19(20-3)23-16-8-7-11-24(13-16)17-9-5-4-6-10-17/h4-6,9-10,16H,7-8,11-13H2,1-3H3,(H2,20,21,23). The zero-order valence-electron chi connectivity index (χ0n) is 15.2. The van der Waals surface area contributed by atoms with E-state index in [1.165, 1.54) is 23.4 Å². The van der Waals surface area contributed by atoms with Gasteiger partial charge in [-0.25, -0.2) is 4.98 Å². The molecule has 1 unspecified atom stereocenters. The summed E-state index contributed by atoms with van der Waals surface area (Å²) < 4.78 is 0. The summed E-state index contributed by atoms with van der Waals surface area (Å²) in [4.78, 5) is 12.6. The van der Waals surface area contributed by atoms with Crippen molar-refractivity contribution in [3.63, 3.8) is 0 Å². The zero-order chi connectivity index (χ0) is 17.6. The lowest BCUT2D eigenvalue weighted by Crippen LogP contribution is -2.51. The highest BCUT2D eigenvalue weighted by Crippen LogP contribution is 2.19. The Morgan fingerprint density at radius 2 is 2.12 bits per heavy atom. The van der Waals surface area contributed by atoms with Gasteiger partial charge >= 0.3 is 0 Å². The molecule has 2 heterocycles. The third-order valence-electron chi connectivity index (χ3n) is 4.52. The number of piperidine rings is 1. The average Bonchev–Trinajstić information content (AvgIpc) is 2.97. The Kier molecular flexibility index (Phi) is 5.91. The van der Waals surface area contributed by atoms with Gasteiger partial charge in [0, 0.05) is 36.7 Å². The lowest BCUT2D eigenvalue weighted by Gasteiger charge is -2.35. The van der Waals surface area contributed by atoms with Gasteiger partial charge in [0.25, 0.3) is 0 Å². The van der Waals surface area contributed by atoms with Crippen LogP contribution in [0.1, 0.15) is 28.4 Å². The van der Waals surface area contributed by atoms with Crippen LogP contribution in [0.5, 0.6) is 0 Å². The first-order valence-corrected chi connectivity index (χ1v) is 9.67. The highest BCUT2D eigenvalue weighted by molar-refractivity contribution is 7.11. The molecule has 2 N–H and O–H groups in total. The molecule has 1 saturated heterocycles. The Morgan fingerprint density at radius 3 is 2.80 bits per heavy atom. The van der Waals surface area contributed by atoms with E-state index >= 15 is 0 Å². The van der Waals surface area contributed by atoms with Gasteiger partial charge in [0.15, 0.2) is 5.96 Å². The highest BCUT2D eigenvalue weighted by Gasteiger charge is 2.21. The van der Waals surface area contributed by atoms with Gasteiger partial charge in [0.2, 0.25) is 0 Å². The normalized spacial score (nSPS) is 18.3. The molecule has 0 saturated carbocycles. The number of aliphatic imine (C=N–C) groups is 1. The van der Waals surface area contributed by atoms with Crippen molar-refractivity contribution in [1.82, 2.24) is 15.6 Å². The fraction of sp³-hybridized carbons (Fsp3) is 0.474. The predicted octanol–water partition coefficient (Wildman–Crippen LogP) is 3.09. The molecule has 0 aliphatic carbocycles. The second-order valence-electron chi connectivity index (χ2n) is 6.43. The van der Waals surface area contributed by atoms with Gasteiger partial charge in [-0.1, -0.05) is 18.2 Å². The van der Waals surface area contributed by atoms with Crippen LogP contribution in [0.2, 0.25) is 0 Å². The minimum absolute atomic E-state index is 0.407. The van der Waals surface area contributed by atoms with Gasteiger partial charge in [0.1, 0.15) is 0 Å². The Hall–Kier alpha value is -2.08. The van der Waals surface area contributed by atoms with E-state index in [2.05, 4.69) is 69.7 Å². The lowest BCUT2D eigenvalue weighted by molar-refractivity contribution is 0.468. The predicted molar refractivity (Wildman–Crippen MR) is 107 cm³/mol. The molecule has 0 spiro atoms. The maximum atomic E-state index is 4.49. The van der Waals surface area contributed by atoms with E-state index in [1.54, 1.807) is 11.3 Å². The molecule has 6 heteroatoms. The van der Waals surface area contributed by atoms with Crippen LogP contribution in [0.25, 0.3) is 0 Å². The summed E-state index contributed by atoms with van der Waals surface area (Å²) in [5.41, 5.74) is 2.41. The summed E-state index contributed by atoms with van der Waals surface area (Å²) in [6, 6.07) is 11.1. The van der Waals surface area contributed by atoms with Crippen LogP contribution in [0.15, 0.2) is 35.3 Å². The van der Waals surface area contributed by atoms with Gasteiger partial charge in [-0.2, -0.15) is 0 Å². The van der Waals surface area contributed by atoms with Crippen LogP contribution in [-0.2, 0) is 6.54 Å². The number of para-hydroxylation sites is 1. The topological polar surface area (TPSA) is 52.6 Å². The van der Waals surface area contributed by atoms with Gasteiger partial charge in [-0.3, -0.25) is 4.99 Å². The van der Waals surface area contributed by atoms with Crippen molar-refractivity contribution >= 4 is 23.0 Å². The van der Waals surface area contributed by atoms with Crippen LogP contribution in [0, 0.1) is 13.8 Å². The van der Waals surface area contributed by atoms with Gasteiger partial charge in [-0.15, -0.1) is 11.3 Å². The summed E-state index contributed by atoms with van der Waals surface area (Å²) >= 11 is 1.75. The first-order valence-electron chi connectivity index (χ1n) is 8.86. The number of aryl methyl sites for hydroxylation is 2. The Morgan fingerprint density at radius 1 is 1.32 bits per heavy atom. The van der Waals surface area contributed by atoms with E-state index in [9.17, 15) is 0 Å². The number of hydrogen-bond donors (Lipinski definition) is 2. The maximum Gasteiger partial charge on any atom is 0.191 e. The summed E-state index contributed by atoms with van der Waals surface area (Å²) in [5.74, 6) is 0.866. The molecule has 0 amide bonds. The molecule has 3 rings (SSSR count). The summed E-state index contributed by atoms with van der Waals surface area (Å²) in [6.07, 6.45) is 2.36. The van der Waals surface area contributed by atoms with Gasteiger partial charge in [-0.05, 0) is 38.8 Å². The molecule has 1 aliphatic rings. The Labute approximate surface area is 154 Å². The minimum Gasteiger partial charge on any atom is -0.369 e. The molecule has 1 atom stereocenters. The van der Waals surface area contributed by atoms with E-state index in [4.69, 9.17) is 0 Å². The quantitative estimate of drug-likeness (QED) is 0.652. The molecular formula is C19H27N5S. The second kappa shape index (κ2) is 8.34. The number of thiazole rings is 1. The van der Waals surface area contributed by atoms with Crippen LogP contribution >= 0.6 is 11.3 Å². The third kappa shape index (κ3) is 4.72. The molecule has 2 aromatic rings. The van der Waals surface area contributed by atoms with Gasteiger partial charge in [0.05, 0.1) is 17.2 Å². The van der Waals surface area contributed by atoms with E-state index in [0.29, 0.717) is 6.04 Å². The number of anilines is 1. The van der Waals surface area contributed by atoms with Crippen molar-refractivity contribution in [2.24, 2.45) is 4.99 Å². The summed E-state index contributed by atoms with van der Waals surface area (Å²) in [7, 11) is 1.83. The number of aromatic nitrogens is 1. The van der Waals surface area contributed by atoms with Gasteiger partial charge < -0.3 is 15.5 Å². The molecule has 1 aromatic heterocycles. The molecule has 5 nitrogen and oxygen atoms in total. The van der Waals surface area contributed by atoms with E-state index < -0.39 is 0 Å². The number of guanidine groups is 1. The first kappa shape index (κ1) is 17.7. The van der Waals surface area contributed by atoms with Crippen LogP contribution in [0.4, 0.5) is 5.69 Å². The summed E-state index contributed by atoms with van der Waals surface area (Å²) in [5, 5.41) is 8.13. The van der Waals surface area contributed by atoms with Crippen LogP contribution < -0.4 is 15.5 Å². The fourth-order valence-electron chi connectivity index (χ4n) is 3.26. The molecular weight excluding hydrogens is 330 g/mol. The number of hydrogen-bond acceptors (Lipinski definition) is 4. The monoisotopic (exact) mass is 357 g/mol. The lowest BCUT2D eigenvalue weighted by atomic mass is 10.1. The fourth-order valence-corrected chi connectivity index (χ4v) is 4.13. The Balaban J connectivity index is 1.55. The molecule has 1 aliphatic heterocycles. The smallest absolute Gasteiger partial charge is 0.191 e. The SMILES string of the molecule is CN=C(NCc1sc(C)nc1C)NC1CCCN(c2ccccc2)C1. The first-order chi connectivity index (χ1) is 12.2. The van der Waals surface area contributed by atoms with Crippen molar-refractivity contribution < 1.29 is 0 Å². The van der Waals surface area contributed by atoms with E-state index in [1.807, 2.05) is 7.05 Å². The van der Waals surface area contributed by atoms with Crippen molar-refractivity contribution in [2.75, 3.05) is 25.0 Å². The number of rotatable bonds is 4. The Bertz CT molecular complexity index is 710. The second-order valence-corrected chi connectivity index (χ2v) is 7.72. The molecule has 25 heavy (non-hydrogen) atoms. The third-order valence-corrected chi connectivity index (χ3v) is 5.60. The minimum atomic E-state index is 0.407. The van der Waals surface area contributed by atoms with Crippen molar-refractivity contribution in [3.8, 4) is 0 Å². The number of nitrogens with zero attached hydrogens (tertiary/aromatic N) is 3. The maximum absolute atomic E-state index is 4.49. The largest absolute Gasteiger partial charge is 0.369 e. The van der Waals surface area contributed by atoms with Crippen molar-refractivity contribution in [1.29, 1.82) is 0 Å². The van der Waals surface area contributed by atoms with Crippen molar-refractivity contribution in [3.05, 3.63) is 45.9 Å². The molecule has 1 aromatic carbocycles. The molecule has 1 fully saturated rings. The molecule has 0 radical (unpaired) electrons. The highest BCUT2D eigenvalue weighted by atomic mass is 32.1. The zero-order valence-corrected chi connectivity index (χ0v) is 16.1.